The maximum Gasteiger partial charge on any atom is 0.253 e. The van der Waals surface area contributed by atoms with Crippen LogP contribution in [0.15, 0.2) is 5.10 Å². The fourth-order valence-electron chi connectivity index (χ4n) is 1.62. The van der Waals surface area contributed by atoms with E-state index in [-0.39, 0.29) is 5.04 Å². The molecule has 0 aliphatic carbocycles. The zero-order valence-electron chi connectivity index (χ0n) is 9.41. The summed E-state index contributed by atoms with van der Waals surface area (Å²) in [6, 6.07) is 0. The summed E-state index contributed by atoms with van der Waals surface area (Å²) in [7, 11) is -3.67. The topological polar surface area (TPSA) is 96.6 Å². The number of primary sulfonamides is 1. The van der Waals surface area contributed by atoms with Crippen molar-refractivity contribution in [2.45, 2.75) is 44.9 Å². The Morgan fingerprint density at radius 1 is 1.06 bits per heavy atom. The Morgan fingerprint density at radius 2 is 1.69 bits per heavy atom. The van der Waals surface area contributed by atoms with Crippen LogP contribution in [0.25, 0.3) is 0 Å². The van der Waals surface area contributed by atoms with Crippen molar-refractivity contribution in [1.29, 1.82) is 0 Å². The Morgan fingerprint density at radius 3 is 2.38 bits per heavy atom. The molecule has 0 spiro atoms. The highest BCUT2D eigenvalue weighted by Crippen LogP contribution is 2.09. The minimum absolute atomic E-state index is 0.0283. The zero-order chi connectivity index (χ0) is 11.9. The summed E-state index contributed by atoms with van der Waals surface area (Å²) < 4.78 is 22.4. The molecule has 1 aliphatic rings. The standard InChI is InChI=1S/C9H20N4O2S/c10-16(14,15)9-7-5-3-1-2-4-6-8-11-13-12-9/h11,13H,1-8H2,(H2,10,14,15)/b12-9+. The molecule has 0 atom stereocenters. The molecule has 7 heteroatoms. The SMILES string of the molecule is NS(=O)(=O)/C1=N/NNCCCCCCCC1. The van der Waals surface area contributed by atoms with Crippen LogP contribution in [0.3, 0.4) is 0 Å². The third-order valence-electron chi connectivity index (χ3n) is 2.53. The summed E-state index contributed by atoms with van der Waals surface area (Å²) in [5, 5.41) is 8.86. The van der Waals surface area contributed by atoms with Gasteiger partial charge in [-0.1, -0.05) is 25.7 Å². The van der Waals surface area contributed by atoms with E-state index in [9.17, 15) is 8.42 Å². The lowest BCUT2D eigenvalue weighted by Crippen LogP contribution is -2.32. The number of hydrazine groups is 1. The minimum atomic E-state index is -3.67. The second kappa shape index (κ2) is 6.82. The second-order valence-corrected chi connectivity index (χ2v) is 5.52. The van der Waals surface area contributed by atoms with Gasteiger partial charge in [0.15, 0.2) is 5.04 Å². The van der Waals surface area contributed by atoms with E-state index in [0.29, 0.717) is 6.42 Å². The van der Waals surface area contributed by atoms with Crippen LogP contribution < -0.4 is 16.1 Å². The smallest absolute Gasteiger partial charge is 0.242 e. The van der Waals surface area contributed by atoms with E-state index in [4.69, 9.17) is 5.14 Å². The van der Waals surface area contributed by atoms with Gasteiger partial charge >= 0.3 is 0 Å². The van der Waals surface area contributed by atoms with Crippen LogP contribution in [0.1, 0.15) is 44.9 Å². The molecular formula is C9H20N4O2S. The number of hydrogen-bond acceptors (Lipinski definition) is 5. The molecular weight excluding hydrogens is 228 g/mol. The highest BCUT2D eigenvalue weighted by Gasteiger charge is 2.13. The molecule has 0 aromatic carbocycles. The number of hydrogen-bond donors (Lipinski definition) is 3. The van der Waals surface area contributed by atoms with Crippen LogP contribution in [0.5, 0.6) is 0 Å². The quantitative estimate of drug-likeness (QED) is 0.579. The maximum atomic E-state index is 11.2. The predicted octanol–water partition coefficient (Wildman–Crippen LogP) is 0.427. The Bertz CT molecular complexity index is 326. The van der Waals surface area contributed by atoms with Crippen molar-refractivity contribution >= 4 is 15.1 Å². The first-order chi connectivity index (χ1) is 7.61. The van der Waals surface area contributed by atoms with E-state index in [1.54, 1.807) is 0 Å². The molecule has 16 heavy (non-hydrogen) atoms. The van der Waals surface area contributed by atoms with Gasteiger partial charge in [-0.2, -0.15) is 5.10 Å². The summed E-state index contributed by atoms with van der Waals surface area (Å²) >= 11 is 0. The van der Waals surface area contributed by atoms with E-state index in [1.807, 2.05) is 0 Å². The van der Waals surface area contributed by atoms with Gasteiger partial charge in [-0.3, -0.25) is 0 Å². The molecule has 0 amide bonds. The zero-order valence-corrected chi connectivity index (χ0v) is 10.2. The van der Waals surface area contributed by atoms with Gasteiger partial charge in [-0.25, -0.2) is 24.5 Å². The number of rotatable bonds is 0. The average Bonchev–Trinajstić information content (AvgIpc) is 2.16. The third kappa shape index (κ3) is 5.43. The van der Waals surface area contributed by atoms with Crippen molar-refractivity contribution in [3.8, 4) is 0 Å². The van der Waals surface area contributed by atoms with E-state index >= 15 is 0 Å². The van der Waals surface area contributed by atoms with E-state index in [2.05, 4.69) is 16.1 Å². The number of nitrogens with two attached hydrogens (primary N) is 1. The lowest BCUT2D eigenvalue weighted by atomic mass is 10.1. The van der Waals surface area contributed by atoms with Crippen LogP contribution >= 0.6 is 0 Å². The molecule has 94 valence electrons. The van der Waals surface area contributed by atoms with Crippen molar-refractivity contribution < 1.29 is 8.42 Å². The Balaban J connectivity index is 2.57. The molecule has 0 fully saturated rings. The number of nitrogens with zero attached hydrogens (tertiary/aromatic N) is 1. The van der Waals surface area contributed by atoms with Crippen molar-refractivity contribution in [2.75, 3.05) is 6.54 Å². The first-order valence-corrected chi connectivity index (χ1v) is 7.22. The van der Waals surface area contributed by atoms with Gasteiger partial charge in [0.1, 0.15) is 0 Å². The summed E-state index contributed by atoms with van der Waals surface area (Å²) in [6.45, 7) is 0.779. The largest absolute Gasteiger partial charge is 0.253 e. The average molecular weight is 248 g/mol. The van der Waals surface area contributed by atoms with Crippen LogP contribution in [-0.2, 0) is 10.0 Å². The van der Waals surface area contributed by atoms with E-state index < -0.39 is 10.0 Å². The molecule has 0 aromatic heterocycles. The maximum absolute atomic E-state index is 11.2. The molecule has 4 N–H and O–H groups in total. The molecule has 0 aromatic rings. The Kier molecular flexibility index (Phi) is 5.72. The highest BCUT2D eigenvalue weighted by molar-refractivity contribution is 8.04. The molecule has 1 aliphatic heterocycles. The van der Waals surface area contributed by atoms with Crippen LogP contribution in [0.2, 0.25) is 0 Å². The molecule has 0 unspecified atom stereocenters. The fraction of sp³-hybridized carbons (Fsp3) is 0.889. The summed E-state index contributed by atoms with van der Waals surface area (Å²) in [5.41, 5.74) is 5.39. The van der Waals surface area contributed by atoms with Gasteiger partial charge in [0, 0.05) is 13.0 Å². The lowest BCUT2D eigenvalue weighted by Gasteiger charge is -2.09. The summed E-state index contributed by atoms with van der Waals surface area (Å²) in [5.74, 6) is 0. The van der Waals surface area contributed by atoms with Crippen LogP contribution in [-0.4, -0.2) is 20.0 Å². The molecule has 1 heterocycles. The molecule has 0 saturated carbocycles. The van der Waals surface area contributed by atoms with Crippen LogP contribution in [0.4, 0.5) is 0 Å². The minimum Gasteiger partial charge on any atom is -0.242 e. The van der Waals surface area contributed by atoms with Gasteiger partial charge in [-0.05, 0) is 12.8 Å². The van der Waals surface area contributed by atoms with E-state index in [1.165, 1.54) is 12.8 Å². The van der Waals surface area contributed by atoms with Gasteiger partial charge in [0.2, 0.25) is 0 Å². The monoisotopic (exact) mass is 248 g/mol. The Hall–Kier alpha value is -0.660. The van der Waals surface area contributed by atoms with Gasteiger partial charge < -0.3 is 0 Å². The Labute approximate surface area is 96.7 Å². The fourth-order valence-corrected chi connectivity index (χ4v) is 2.22. The number of hydrazone groups is 1. The second-order valence-electron chi connectivity index (χ2n) is 3.96. The summed E-state index contributed by atoms with van der Waals surface area (Å²) in [6.07, 6.45) is 6.86. The molecule has 0 radical (unpaired) electrons. The van der Waals surface area contributed by atoms with Gasteiger partial charge in [0.25, 0.3) is 10.0 Å². The molecule has 1 rings (SSSR count). The van der Waals surface area contributed by atoms with E-state index in [0.717, 1.165) is 32.2 Å². The molecule has 6 nitrogen and oxygen atoms in total. The van der Waals surface area contributed by atoms with Crippen molar-refractivity contribution in [2.24, 2.45) is 10.2 Å². The normalized spacial score (nSPS) is 24.4. The molecule has 0 saturated heterocycles. The van der Waals surface area contributed by atoms with Gasteiger partial charge in [-0.15, -0.1) is 0 Å². The lowest BCUT2D eigenvalue weighted by molar-refractivity contribution is 0.507. The number of sulfonamides is 1. The predicted molar refractivity (Wildman–Crippen MR) is 64.0 cm³/mol. The first kappa shape index (κ1) is 13.4. The molecule has 0 bridgehead atoms. The number of nitrogens with one attached hydrogen (secondary N) is 2. The van der Waals surface area contributed by atoms with Gasteiger partial charge in [0.05, 0.1) is 0 Å². The van der Waals surface area contributed by atoms with Crippen molar-refractivity contribution in [3.05, 3.63) is 0 Å². The summed E-state index contributed by atoms with van der Waals surface area (Å²) in [4.78, 5) is 0. The highest BCUT2D eigenvalue weighted by atomic mass is 32.2. The third-order valence-corrected chi connectivity index (χ3v) is 3.48. The van der Waals surface area contributed by atoms with Crippen molar-refractivity contribution in [1.82, 2.24) is 11.0 Å². The first-order valence-electron chi connectivity index (χ1n) is 5.68. The van der Waals surface area contributed by atoms with Crippen LogP contribution in [0, 0.1) is 0 Å². The van der Waals surface area contributed by atoms with Crippen molar-refractivity contribution in [3.63, 3.8) is 0 Å².